The second kappa shape index (κ2) is 8.98. The Morgan fingerprint density at radius 1 is 1.13 bits per heavy atom. The largest absolute Gasteiger partial charge is 0.443 e. The molecule has 1 aromatic carbocycles. The van der Waals surface area contributed by atoms with E-state index in [1.807, 2.05) is 21.6 Å². The molecule has 2 saturated heterocycles. The summed E-state index contributed by atoms with van der Waals surface area (Å²) in [5, 5.41) is 6.56. The number of thioether (sulfide) groups is 1. The maximum atomic E-state index is 14.9. The van der Waals surface area contributed by atoms with Crippen molar-refractivity contribution >= 4 is 52.0 Å². The number of cyclic esters (lactones) is 1. The number of ether oxygens (including phenoxy) is 1. The molecule has 12 heteroatoms. The Bertz CT molecular complexity index is 1540. The number of anilines is 3. The first kappa shape index (κ1) is 23.5. The molecule has 4 aliphatic rings. The summed E-state index contributed by atoms with van der Waals surface area (Å²) in [5.41, 5.74) is 1.69. The van der Waals surface area contributed by atoms with Crippen LogP contribution in [0.2, 0.25) is 0 Å². The van der Waals surface area contributed by atoms with Gasteiger partial charge in [0.05, 0.1) is 23.4 Å². The molecule has 2 amide bonds. The summed E-state index contributed by atoms with van der Waals surface area (Å²) in [7, 11) is 0. The molecule has 2 aromatic heterocycles. The molecule has 1 saturated carbocycles. The van der Waals surface area contributed by atoms with Gasteiger partial charge in [-0.25, -0.2) is 14.2 Å². The highest BCUT2D eigenvalue weighted by Crippen LogP contribution is 2.37. The van der Waals surface area contributed by atoms with Gasteiger partial charge in [-0.15, -0.1) is 11.8 Å². The minimum atomic E-state index is -0.499. The number of rotatable bonds is 6. The molecule has 3 aromatic rings. The van der Waals surface area contributed by atoms with Crippen LogP contribution in [0.25, 0.3) is 11.0 Å². The van der Waals surface area contributed by atoms with Crippen molar-refractivity contribution in [2.45, 2.75) is 35.9 Å². The van der Waals surface area contributed by atoms with Crippen LogP contribution in [0.15, 0.2) is 46.2 Å². The maximum absolute atomic E-state index is 14.9. The van der Waals surface area contributed by atoms with E-state index in [4.69, 9.17) is 4.74 Å². The van der Waals surface area contributed by atoms with Crippen molar-refractivity contribution in [3.05, 3.63) is 52.6 Å². The zero-order valence-corrected chi connectivity index (χ0v) is 21.2. The fourth-order valence-corrected chi connectivity index (χ4v) is 5.97. The van der Waals surface area contributed by atoms with Crippen LogP contribution in [0.5, 0.6) is 0 Å². The lowest BCUT2D eigenvalue weighted by molar-refractivity contribution is -0.113. The SMILES string of the molecule is O=C1CSc2ccc(N3C[C@@H](CNC4CN(c5nc6c(cc5F)c(=O)ccn6C5CC5)C4)OC3=O)cc2N1. The van der Waals surface area contributed by atoms with Crippen LogP contribution in [0.3, 0.4) is 0 Å². The third kappa shape index (κ3) is 4.17. The van der Waals surface area contributed by atoms with Gasteiger partial charge in [-0.3, -0.25) is 14.5 Å². The van der Waals surface area contributed by atoms with E-state index in [9.17, 15) is 18.8 Å². The average molecular weight is 537 g/mol. The summed E-state index contributed by atoms with van der Waals surface area (Å²) in [6, 6.07) is 8.76. The van der Waals surface area contributed by atoms with Crippen LogP contribution in [-0.2, 0) is 9.53 Å². The molecule has 10 nitrogen and oxygen atoms in total. The van der Waals surface area contributed by atoms with Crippen molar-refractivity contribution in [2.24, 2.45) is 0 Å². The van der Waals surface area contributed by atoms with Gasteiger partial charge in [0.25, 0.3) is 0 Å². The molecule has 3 fully saturated rings. The van der Waals surface area contributed by atoms with Gasteiger partial charge in [0.2, 0.25) is 5.91 Å². The van der Waals surface area contributed by atoms with Crippen LogP contribution in [0.1, 0.15) is 18.9 Å². The van der Waals surface area contributed by atoms with Gasteiger partial charge >= 0.3 is 6.09 Å². The number of carbonyl (C=O) groups excluding carboxylic acids is 2. The van der Waals surface area contributed by atoms with Gasteiger partial charge in [0.1, 0.15) is 11.8 Å². The summed E-state index contributed by atoms with van der Waals surface area (Å²) in [4.78, 5) is 45.5. The number of nitrogens with zero attached hydrogens (tertiary/aromatic N) is 4. The number of hydrogen-bond acceptors (Lipinski definition) is 8. The van der Waals surface area contributed by atoms with Crippen LogP contribution in [-0.4, -0.2) is 65.6 Å². The minimum absolute atomic E-state index is 0.0590. The molecule has 2 N–H and O–H groups in total. The van der Waals surface area contributed by atoms with Gasteiger partial charge in [-0.1, -0.05) is 0 Å². The molecule has 0 bridgehead atoms. The van der Waals surface area contributed by atoms with Crippen LogP contribution >= 0.6 is 11.8 Å². The minimum Gasteiger partial charge on any atom is -0.443 e. The Kier molecular flexibility index (Phi) is 5.55. The van der Waals surface area contributed by atoms with Crippen molar-refractivity contribution in [1.29, 1.82) is 0 Å². The highest BCUT2D eigenvalue weighted by molar-refractivity contribution is 8.00. The first-order valence-corrected chi connectivity index (χ1v) is 13.7. The van der Waals surface area contributed by atoms with Crippen molar-refractivity contribution < 1.29 is 18.7 Å². The first-order chi connectivity index (χ1) is 18.4. The highest BCUT2D eigenvalue weighted by atomic mass is 32.2. The number of nitrogens with one attached hydrogen (secondary N) is 2. The lowest BCUT2D eigenvalue weighted by Gasteiger charge is -2.41. The predicted molar refractivity (Wildman–Crippen MR) is 142 cm³/mol. The van der Waals surface area contributed by atoms with Gasteiger partial charge in [0, 0.05) is 54.6 Å². The van der Waals surface area contributed by atoms with E-state index in [1.165, 1.54) is 23.9 Å². The van der Waals surface area contributed by atoms with E-state index in [2.05, 4.69) is 15.6 Å². The summed E-state index contributed by atoms with van der Waals surface area (Å²) in [5.74, 6) is 0.0832. The lowest BCUT2D eigenvalue weighted by Crippen LogP contribution is -2.59. The van der Waals surface area contributed by atoms with E-state index in [0.717, 1.165) is 17.7 Å². The number of benzene rings is 1. The summed E-state index contributed by atoms with van der Waals surface area (Å²) < 4.78 is 22.4. The van der Waals surface area contributed by atoms with Gasteiger partial charge in [0.15, 0.2) is 17.1 Å². The van der Waals surface area contributed by atoms with Gasteiger partial charge in [-0.05, 0) is 37.1 Å². The summed E-state index contributed by atoms with van der Waals surface area (Å²) in [6.07, 6.45) is 3.06. The Balaban J connectivity index is 0.976. The second-order valence-corrected chi connectivity index (χ2v) is 11.1. The van der Waals surface area contributed by atoms with Crippen LogP contribution in [0, 0.1) is 5.82 Å². The fourth-order valence-electron chi connectivity index (χ4n) is 5.18. The monoisotopic (exact) mass is 536 g/mol. The first-order valence-electron chi connectivity index (χ1n) is 12.7. The van der Waals surface area contributed by atoms with Crippen LogP contribution in [0.4, 0.5) is 26.4 Å². The van der Waals surface area contributed by atoms with E-state index >= 15 is 0 Å². The number of amides is 2. The Hall–Kier alpha value is -3.64. The summed E-state index contributed by atoms with van der Waals surface area (Å²) in [6.45, 7) is 1.97. The van der Waals surface area contributed by atoms with E-state index < -0.39 is 11.9 Å². The fraction of sp³-hybridized carbons (Fsp3) is 0.385. The quantitative estimate of drug-likeness (QED) is 0.495. The molecule has 38 heavy (non-hydrogen) atoms. The number of pyridine rings is 2. The van der Waals surface area contributed by atoms with Crippen molar-refractivity contribution in [1.82, 2.24) is 14.9 Å². The normalized spacial score (nSPS) is 21.3. The topological polar surface area (TPSA) is 109 Å². The Morgan fingerprint density at radius 3 is 2.79 bits per heavy atom. The molecule has 1 aliphatic carbocycles. The molecule has 0 spiro atoms. The second-order valence-electron chi connectivity index (χ2n) is 10.1. The van der Waals surface area contributed by atoms with Crippen molar-refractivity contribution in [3.8, 4) is 0 Å². The van der Waals surface area contributed by atoms with Gasteiger partial charge in [-0.2, -0.15) is 0 Å². The zero-order valence-electron chi connectivity index (χ0n) is 20.4. The number of hydrogen-bond donors (Lipinski definition) is 2. The van der Waals surface area contributed by atoms with Crippen LogP contribution < -0.4 is 25.9 Å². The van der Waals surface area contributed by atoms with Crippen molar-refractivity contribution in [3.63, 3.8) is 0 Å². The molecule has 0 radical (unpaired) electrons. The third-order valence-electron chi connectivity index (χ3n) is 7.37. The average Bonchev–Trinajstić information content (AvgIpc) is 3.65. The molecule has 5 heterocycles. The molecule has 1 atom stereocenters. The molecule has 3 aliphatic heterocycles. The lowest BCUT2D eigenvalue weighted by atomic mass is 10.1. The number of carbonyl (C=O) groups is 2. The zero-order chi connectivity index (χ0) is 26.0. The maximum Gasteiger partial charge on any atom is 0.414 e. The Morgan fingerprint density at radius 2 is 1.97 bits per heavy atom. The molecule has 7 rings (SSSR count). The number of halogens is 1. The molecular weight excluding hydrogens is 511 g/mol. The van der Waals surface area contributed by atoms with Gasteiger partial charge < -0.3 is 24.8 Å². The summed E-state index contributed by atoms with van der Waals surface area (Å²) >= 11 is 1.47. The van der Waals surface area contributed by atoms with E-state index in [1.54, 1.807) is 17.2 Å². The van der Waals surface area contributed by atoms with E-state index in [-0.39, 0.29) is 29.3 Å². The highest BCUT2D eigenvalue weighted by Gasteiger charge is 2.36. The molecule has 196 valence electrons. The van der Waals surface area contributed by atoms with E-state index in [0.29, 0.717) is 60.4 Å². The predicted octanol–water partition coefficient (Wildman–Crippen LogP) is 2.72. The Labute approximate surface area is 221 Å². The number of aromatic nitrogens is 2. The third-order valence-corrected chi connectivity index (χ3v) is 8.44. The number of fused-ring (bicyclic) bond motifs is 2. The standard InChI is InChI=1S/C26H25FN6O4S/c27-19-8-18-21(34)5-6-32(15-1-2-15)24(18)30-25(19)31-10-14(11-31)28-9-17-12-33(26(36)37-17)16-3-4-22-20(7-16)29-23(35)13-38-22/h3-8,14-15,17,28H,1-2,9-13H2,(H,29,35)/t17-/m1/s1. The molecular formula is C26H25FN6O4S. The smallest absolute Gasteiger partial charge is 0.414 e. The molecule has 0 unspecified atom stereocenters. The van der Waals surface area contributed by atoms with Crippen molar-refractivity contribution in [2.75, 3.05) is 47.0 Å².